The zero-order valence-corrected chi connectivity index (χ0v) is 12.6. The molecule has 0 radical (unpaired) electrons. The van der Waals surface area contributed by atoms with E-state index >= 15 is 0 Å². The minimum Gasteiger partial charge on any atom is -0.484 e. The molecule has 4 N–H and O–H groups in total. The molecule has 8 heteroatoms. The Labute approximate surface area is 129 Å². The molecule has 0 heterocycles. The smallest absolute Gasteiger partial charge is 0.255 e. The van der Waals surface area contributed by atoms with Gasteiger partial charge in [0.15, 0.2) is 6.61 Å². The van der Waals surface area contributed by atoms with E-state index in [0.29, 0.717) is 24.6 Å². The molecule has 0 atom stereocenters. The number of benzene rings is 1. The van der Waals surface area contributed by atoms with Crippen molar-refractivity contribution in [2.75, 3.05) is 38.7 Å². The van der Waals surface area contributed by atoms with Gasteiger partial charge in [-0.05, 0) is 24.3 Å². The van der Waals surface area contributed by atoms with Crippen molar-refractivity contribution in [2.24, 2.45) is 5.73 Å². The first kappa shape index (κ1) is 19.2. The molecule has 0 aliphatic heterocycles. The fourth-order valence-electron chi connectivity index (χ4n) is 1.37. The van der Waals surface area contributed by atoms with Crippen LogP contribution in [0, 0.1) is 0 Å². The highest BCUT2D eigenvalue weighted by Crippen LogP contribution is 2.15. The third kappa shape index (κ3) is 8.85. The van der Waals surface area contributed by atoms with E-state index in [1.54, 1.807) is 31.4 Å². The van der Waals surface area contributed by atoms with E-state index < -0.39 is 5.91 Å². The summed E-state index contributed by atoms with van der Waals surface area (Å²) < 4.78 is 9.96. The summed E-state index contributed by atoms with van der Waals surface area (Å²) in [5.41, 5.74) is 5.62. The number of amides is 2. The molecular formula is C13H20ClN3O4. The summed E-state index contributed by atoms with van der Waals surface area (Å²) in [6.07, 6.45) is 0. The van der Waals surface area contributed by atoms with Gasteiger partial charge in [0.25, 0.3) is 5.91 Å². The monoisotopic (exact) mass is 317 g/mol. The molecule has 0 aromatic heterocycles. The number of nitrogens with two attached hydrogens (primary N) is 1. The van der Waals surface area contributed by atoms with Gasteiger partial charge in [-0.2, -0.15) is 0 Å². The number of methoxy groups -OCH3 is 1. The van der Waals surface area contributed by atoms with E-state index in [0.717, 1.165) is 0 Å². The minimum atomic E-state index is -0.537. The maximum absolute atomic E-state index is 11.6. The van der Waals surface area contributed by atoms with Gasteiger partial charge in [0.2, 0.25) is 5.91 Å². The van der Waals surface area contributed by atoms with Gasteiger partial charge in [-0.3, -0.25) is 9.59 Å². The summed E-state index contributed by atoms with van der Waals surface area (Å²) in [4.78, 5) is 22.1. The summed E-state index contributed by atoms with van der Waals surface area (Å²) in [5.74, 6) is -0.170. The van der Waals surface area contributed by atoms with Crippen LogP contribution >= 0.6 is 12.4 Å². The molecule has 0 spiro atoms. The van der Waals surface area contributed by atoms with Crippen LogP contribution < -0.4 is 21.1 Å². The van der Waals surface area contributed by atoms with Crippen molar-refractivity contribution in [3.63, 3.8) is 0 Å². The van der Waals surface area contributed by atoms with Crippen LogP contribution in [0.1, 0.15) is 0 Å². The van der Waals surface area contributed by atoms with Gasteiger partial charge in [0, 0.05) is 19.3 Å². The van der Waals surface area contributed by atoms with Gasteiger partial charge in [-0.1, -0.05) is 0 Å². The molecule has 0 aliphatic carbocycles. The van der Waals surface area contributed by atoms with E-state index in [1.807, 2.05) is 0 Å². The number of carbonyl (C=O) groups excluding carboxylic acids is 2. The lowest BCUT2D eigenvalue weighted by Crippen LogP contribution is -2.30. The average molecular weight is 318 g/mol. The van der Waals surface area contributed by atoms with Crippen LogP contribution in [0.4, 0.5) is 5.69 Å². The Bertz CT molecular complexity index is 440. The summed E-state index contributed by atoms with van der Waals surface area (Å²) >= 11 is 0. The van der Waals surface area contributed by atoms with Gasteiger partial charge >= 0.3 is 0 Å². The molecule has 118 valence electrons. The first-order valence-electron chi connectivity index (χ1n) is 6.12. The van der Waals surface area contributed by atoms with Crippen molar-refractivity contribution in [3.8, 4) is 5.75 Å². The third-order valence-corrected chi connectivity index (χ3v) is 2.29. The van der Waals surface area contributed by atoms with Crippen LogP contribution in [0.2, 0.25) is 0 Å². The number of carbonyl (C=O) groups is 2. The Kier molecular flexibility index (Phi) is 9.95. The summed E-state index contributed by atoms with van der Waals surface area (Å²) in [6.45, 7) is 1.21. The molecule has 0 bridgehead atoms. The predicted molar refractivity (Wildman–Crippen MR) is 81.8 cm³/mol. The average Bonchev–Trinajstić information content (AvgIpc) is 2.43. The Balaban J connectivity index is 0.00000400. The first-order valence-corrected chi connectivity index (χ1v) is 6.12. The number of rotatable bonds is 9. The van der Waals surface area contributed by atoms with Crippen molar-refractivity contribution in [1.29, 1.82) is 0 Å². The fourth-order valence-corrected chi connectivity index (χ4v) is 1.37. The van der Waals surface area contributed by atoms with E-state index in [1.165, 1.54) is 0 Å². The van der Waals surface area contributed by atoms with Crippen molar-refractivity contribution in [3.05, 3.63) is 24.3 Å². The van der Waals surface area contributed by atoms with Crippen molar-refractivity contribution in [2.45, 2.75) is 0 Å². The lowest BCUT2D eigenvalue weighted by molar-refractivity contribution is -0.120. The summed E-state index contributed by atoms with van der Waals surface area (Å²) in [6, 6.07) is 6.67. The van der Waals surface area contributed by atoms with E-state index in [2.05, 4.69) is 10.6 Å². The lowest BCUT2D eigenvalue weighted by Gasteiger charge is -2.08. The second-order valence-electron chi connectivity index (χ2n) is 4.00. The highest BCUT2D eigenvalue weighted by Gasteiger charge is 2.02. The quantitative estimate of drug-likeness (QED) is 0.562. The Morgan fingerprint density at radius 1 is 1.24 bits per heavy atom. The molecule has 0 unspecified atom stereocenters. The first-order chi connectivity index (χ1) is 9.61. The van der Waals surface area contributed by atoms with E-state index in [-0.39, 0.29) is 31.5 Å². The number of hydrogen-bond acceptors (Lipinski definition) is 5. The second-order valence-corrected chi connectivity index (χ2v) is 4.00. The van der Waals surface area contributed by atoms with Gasteiger partial charge < -0.3 is 25.8 Å². The number of hydrogen-bond donors (Lipinski definition) is 3. The molecule has 1 rings (SSSR count). The topological polar surface area (TPSA) is 103 Å². The molecule has 1 aromatic rings. The molecule has 21 heavy (non-hydrogen) atoms. The molecule has 0 saturated heterocycles. The molecule has 0 saturated carbocycles. The molecule has 1 aromatic carbocycles. The van der Waals surface area contributed by atoms with Crippen LogP contribution in [-0.2, 0) is 14.3 Å². The highest BCUT2D eigenvalue weighted by molar-refractivity contribution is 5.92. The maximum atomic E-state index is 11.6. The number of nitrogens with one attached hydrogen (secondary N) is 2. The number of ether oxygens (including phenoxy) is 2. The molecule has 0 fully saturated rings. The van der Waals surface area contributed by atoms with Crippen molar-refractivity contribution >= 4 is 29.9 Å². The Morgan fingerprint density at radius 3 is 2.48 bits per heavy atom. The minimum absolute atomic E-state index is 0. The standard InChI is InChI=1S/C13H19N3O4.ClH/c1-19-7-6-15-8-13(18)16-10-2-4-11(5-3-10)20-9-12(14)17;/h2-5,15H,6-9H2,1H3,(H2,14,17)(H,16,18);1H. The normalized spacial score (nSPS) is 9.57. The van der Waals surface area contributed by atoms with E-state index in [4.69, 9.17) is 15.2 Å². The van der Waals surface area contributed by atoms with Crippen LogP contribution in [0.25, 0.3) is 0 Å². The number of anilines is 1. The van der Waals surface area contributed by atoms with Crippen LogP contribution in [-0.4, -0.2) is 45.2 Å². The fraction of sp³-hybridized carbons (Fsp3) is 0.385. The van der Waals surface area contributed by atoms with Gasteiger partial charge in [0.1, 0.15) is 5.75 Å². The summed E-state index contributed by atoms with van der Waals surface area (Å²) in [5, 5.41) is 5.66. The van der Waals surface area contributed by atoms with Crippen molar-refractivity contribution < 1.29 is 19.1 Å². The van der Waals surface area contributed by atoms with Gasteiger partial charge in [0.05, 0.1) is 13.2 Å². The Morgan fingerprint density at radius 2 is 1.90 bits per heavy atom. The SMILES string of the molecule is COCCNCC(=O)Nc1ccc(OCC(N)=O)cc1.Cl. The number of halogens is 1. The van der Waals surface area contributed by atoms with Crippen LogP contribution in [0.3, 0.4) is 0 Å². The zero-order chi connectivity index (χ0) is 14.8. The molecule has 2 amide bonds. The molecule has 7 nitrogen and oxygen atoms in total. The largest absolute Gasteiger partial charge is 0.484 e. The van der Waals surface area contributed by atoms with Crippen LogP contribution in [0.15, 0.2) is 24.3 Å². The van der Waals surface area contributed by atoms with Crippen LogP contribution in [0.5, 0.6) is 5.75 Å². The van der Waals surface area contributed by atoms with Crippen molar-refractivity contribution in [1.82, 2.24) is 5.32 Å². The maximum Gasteiger partial charge on any atom is 0.255 e. The third-order valence-electron chi connectivity index (χ3n) is 2.29. The second kappa shape index (κ2) is 10.9. The molecule has 0 aliphatic rings. The molecular weight excluding hydrogens is 298 g/mol. The lowest BCUT2D eigenvalue weighted by atomic mass is 10.3. The predicted octanol–water partition coefficient (Wildman–Crippen LogP) is 0.147. The highest BCUT2D eigenvalue weighted by atomic mass is 35.5. The summed E-state index contributed by atoms with van der Waals surface area (Å²) in [7, 11) is 1.60. The van der Waals surface area contributed by atoms with Gasteiger partial charge in [-0.25, -0.2) is 0 Å². The van der Waals surface area contributed by atoms with E-state index in [9.17, 15) is 9.59 Å². The van der Waals surface area contributed by atoms with Gasteiger partial charge in [-0.15, -0.1) is 12.4 Å². The zero-order valence-electron chi connectivity index (χ0n) is 11.8. The Hall–Kier alpha value is -1.83. The number of primary amides is 1.